The largest absolute Gasteiger partial charge is 0.507 e. The van der Waals surface area contributed by atoms with E-state index in [1.165, 1.54) is 0 Å². The van der Waals surface area contributed by atoms with Gasteiger partial charge in [0.05, 0.1) is 0 Å². The molecule has 0 saturated carbocycles. The molecule has 1 aliphatic heterocycles. The van der Waals surface area contributed by atoms with Gasteiger partial charge in [0, 0.05) is 49.9 Å². The third-order valence-electron chi connectivity index (χ3n) is 3.54. The molecule has 1 aromatic carbocycles. The van der Waals surface area contributed by atoms with Crippen LogP contribution in [0.1, 0.15) is 24.9 Å². The molecule has 0 aliphatic carbocycles. The highest BCUT2D eigenvalue weighted by molar-refractivity contribution is 5.85. The number of nitrogens with one attached hydrogen (secondary N) is 1. The van der Waals surface area contributed by atoms with E-state index in [0.29, 0.717) is 6.42 Å². The van der Waals surface area contributed by atoms with Gasteiger partial charge < -0.3 is 10.4 Å². The van der Waals surface area contributed by atoms with Crippen molar-refractivity contribution in [1.82, 2.24) is 10.2 Å². The van der Waals surface area contributed by atoms with E-state index < -0.39 is 11.6 Å². The summed E-state index contributed by atoms with van der Waals surface area (Å²) in [7, 11) is 0. The van der Waals surface area contributed by atoms with Crippen molar-refractivity contribution in [1.29, 1.82) is 0 Å². The topological polar surface area (TPSA) is 35.5 Å². The van der Waals surface area contributed by atoms with Crippen molar-refractivity contribution in [3.63, 3.8) is 0 Å². The molecule has 2 rings (SSSR count). The van der Waals surface area contributed by atoms with Crippen LogP contribution in [-0.2, 0) is 0 Å². The van der Waals surface area contributed by atoms with E-state index in [9.17, 15) is 13.9 Å². The minimum atomic E-state index is -0.766. The number of hydrogen-bond acceptors (Lipinski definition) is 3. The van der Waals surface area contributed by atoms with Crippen molar-refractivity contribution in [2.75, 3.05) is 26.2 Å². The summed E-state index contributed by atoms with van der Waals surface area (Å²) >= 11 is 0. The van der Waals surface area contributed by atoms with Gasteiger partial charge in [-0.25, -0.2) is 8.78 Å². The second-order valence-corrected chi connectivity index (χ2v) is 5.28. The maximum atomic E-state index is 14.1. The second-order valence-electron chi connectivity index (χ2n) is 5.28. The monoisotopic (exact) mass is 354 g/mol. The molecular formula is C15H22Cl2F2N2O. The van der Waals surface area contributed by atoms with Crippen molar-refractivity contribution in [3.8, 4) is 5.75 Å². The number of phenolic OH excluding ortho intramolecular Hbond substituents is 1. The van der Waals surface area contributed by atoms with Crippen LogP contribution in [0.15, 0.2) is 24.3 Å². The summed E-state index contributed by atoms with van der Waals surface area (Å²) in [6.07, 6.45) is 0.538. The number of nitrogens with zero attached hydrogens (tertiary/aromatic N) is 1. The van der Waals surface area contributed by atoms with Crippen LogP contribution >= 0.6 is 24.8 Å². The molecule has 0 unspecified atom stereocenters. The fraction of sp³-hybridized carbons (Fsp3) is 0.467. The molecule has 0 amide bonds. The molecule has 3 nitrogen and oxygen atoms in total. The van der Waals surface area contributed by atoms with E-state index in [-0.39, 0.29) is 42.2 Å². The SMILES string of the molecule is C=C(C)C[C@H](c1c(O)cc(F)cc1F)N1CCNCC1.Cl.Cl. The smallest absolute Gasteiger partial charge is 0.134 e. The molecule has 0 bridgehead atoms. The Morgan fingerprint density at radius 1 is 1.32 bits per heavy atom. The zero-order valence-corrected chi connectivity index (χ0v) is 14.1. The molecule has 1 aromatic rings. The summed E-state index contributed by atoms with van der Waals surface area (Å²) in [4.78, 5) is 2.10. The van der Waals surface area contributed by atoms with E-state index in [0.717, 1.165) is 43.9 Å². The maximum Gasteiger partial charge on any atom is 0.134 e. The Balaban J connectivity index is 0.00000220. The van der Waals surface area contributed by atoms with Crippen LogP contribution in [0.25, 0.3) is 0 Å². The van der Waals surface area contributed by atoms with Crippen LogP contribution in [-0.4, -0.2) is 36.2 Å². The summed E-state index contributed by atoms with van der Waals surface area (Å²) in [5, 5.41) is 13.2. The van der Waals surface area contributed by atoms with Gasteiger partial charge in [-0.1, -0.05) is 5.57 Å². The standard InChI is InChI=1S/C15H20F2N2O.2ClH/c1-10(2)7-13(19-5-3-18-4-6-19)15-12(17)8-11(16)9-14(15)20;;/h8-9,13,18,20H,1,3-7H2,2H3;2*1H/t13-;;/m1../s1. The third-order valence-corrected chi connectivity index (χ3v) is 3.54. The fourth-order valence-electron chi connectivity index (χ4n) is 2.64. The maximum absolute atomic E-state index is 14.1. The Bertz CT molecular complexity index is 485. The molecule has 1 saturated heterocycles. The van der Waals surface area contributed by atoms with Gasteiger partial charge >= 0.3 is 0 Å². The van der Waals surface area contributed by atoms with Crippen molar-refractivity contribution in [2.24, 2.45) is 0 Å². The molecule has 22 heavy (non-hydrogen) atoms. The molecule has 0 radical (unpaired) electrons. The highest BCUT2D eigenvalue weighted by Gasteiger charge is 2.27. The molecule has 0 spiro atoms. The number of piperazine rings is 1. The number of benzene rings is 1. The number of phenols is 1. The van der Waals surface area contributed by atoms with E-state index >= 15 is 0 Å². The summed E-state index contributed by atoms with van der Waals surface area (Å²) in [6.45, 7) is 8.89. The van der Waals surface area contributed by atoms with E-state index in [1.807, 2.05) is 6.92 Å². The van der Waals surface area contributed by atoms with E-state index in [1.54, 1.807) is 0 Å². The van der Waals surface area contributed by atoms with Gasteiger partial charge in [-0.3, -0.25) is 4.90 Å². The Hall–Kier alpha value is -0.880. The summed E-state index contributed by atoms with van der Waals surface area (Å²) < 4.78 is 27.2. The highest BCUT2D eigenvalue weighted by atomic mass is 35.5. The molecular weight excluding hydrogens is 333 g/mol. The first-order valence-electron chi connectivity index (χ1n) is 6.76. The molecule has 1 heterocycles. The first kappa shape index (κ1) is 21.1. The van der Waals surface area contributed by atoms with Crippen LogP contribution in [0.5, 0.6) is 5.75 Å². The first-order valence-corrected chi connectivity index (χ1v) is 6.76. The number of rotatable bonds is 4. The normalized spacial score (nSPS) is 16.3. The van der Waals surface area contributed by atoms with Crippen LogP contribution in [0.2, 0.25) is 0 Å². The Kier molecular flexibility index (Phi) is 8.93. The Morgan fingerprint density at radius 3 is 2.41 bits per heavy atom. The summed E-state index contributed by atoms with van der Waals surface area (Å²) in [5.41, 5.74) is 1.06. The molecule has 0 aromatic heterocycles. The Labute approximate surface area is 142 Å². The summed E-state index contributed by atoms with van der Waals surface area (Å²) in [5.74, 6) is -1.79. The van der Waals surface area contributed by atoms with Gasteiger partial charge in [-0.15, -0.1) is 31.4 Å². The first-order chi connectivity index (χ1) is 9.49. The van der Waals surface area contributed by atoms with Crippen LogP contribution in [0.3, 0.4) is 0 Å². The lowest BCUT2D eigenvalue weighted by molar-refractivity contribution is 0.166. The minimum Gasteiger partial charge on any atom is -0.507 e. The van der Waals surface area contributed by atoms with Gasteiger partial charge in [0.1, 0.15) is 17.4 Å². The van der Waals surface area contributed by atoms with Crippen LogP contribution in [0, 0.1) is 11.6 Å². The van der Waals surface area contributed by atoms with Gasteiger partial charge in [-0.05, 0) is 13.3 Å². The third kappa shape index (κ3) is 5.09. The van der Waals surface area contributed by atoms with E-state index in [4.69, 9.17) is 0 Å². The van der Waals surface area contributed by atoms with Crippen LogP contribution < -0.4 is 5.32 Å². The molecule has 7 heteroatoms. The lowest BCUT2D eigenvalue weighted by Gasteiger charge is -2.35. The molecule has 1 aliphatic rings. The van der Waals surface area contributed by atoms with E-state index in [2.05, 4.69) is 16.8 Å². The lowest BCUT2D eigenvalue weighted by atomic mass is 9.96. The van der Waals surface area contributed by atoms with Gasteiger partial charge in [-0.2, -0.15) is 0 Å². The molecule has 1 fully saturated rings. The average molecular weight is 355 g/mol. The molecule has 126 valence electrons. The predicted octanol–water partition coefficient (Wildman–Crippen LogP) is 3.43. The van der Waals surface area contributed by atoms with Crippen molar-refractivity contribution >= 4 is 24.8 Å². The van der Waals surface area contributed by atoms with Gasteiger partial charge in [0.25, 0.3) is 0 Å². The van der Waals surface area contributed by atoms with Crippen LogP contribution in [0.4, 0.5) is 8.78 Å². The van der Waals surface area contributed by atoms with Crippen molar-refractivity contribution in [3.05, 3.63) is 41.5 Å². The lowest BCUT2D eigenvalue weighted by Crippen LogP contribution is -2.45. The zero-order valence-electron chi connectivity index (χ0n) is 12.4. The quantitative estimate of drug-likeness (QED) is 0.813. The van der Waals surface area contributed by atoms with Gasteiger partial charge in [0.15, 0.2) is 0 Å². The zero-order chi connectivity index (χ0) is 14.7. The van der Waals surface area contributed by atoms with Crippen molar-refractivity contribution in [2.45, 2.75) is 19.4 Å². The predicted molar refractivity (Wildman–Crippen MR) is 89.1 cm³/mol. The molecule has 2 N–H and O–H groups in total. The molecule has 1 atom stereocenters. The number of aromatic hydroxyl groups is 1. The Morgan fingerprint density at radius 2 is 1.91 bits per heavy atom. The minimum absolute atomic E-state index is 0. The average Bonchev–Trinajstić information content (AvgIpc) is 2.37. The van der Waals surface area contributed by atoms with Gasteiger partial charge in [0.2, 0.25) is 0 Å². The highest BCUT2D eigenvalue weighted by Crippen LogP contribution is 2.35. The number of halogens is 4. The van der Waals surface area contributed by atoms with Crippen molar-refractivity contribution < 1.29 is 13.9 Å². The fourth-order valence-corrected chi connectivity index (χ4v) is 2.64. The summed E-state index contributed by atoms with van der Waals surface area (Å²) in [6, 6.07) is 1.48. The number of hydrogen-bond donors (Lipinski definition) is 2. The second kappa shape index (κ2) is 9.30.